The Morgan fingerprint density at radius 2 is 2.24 bits per heavy atom. The van der Waals surface area contributed by atoms with Crippen LogP contribution >= 0.6 is 0 Å². The predicted molar refractivity (Wildman–Crippen MR) is 74.5 cm³/mol. The van der Waals surface area contributed by atoms with Crippen molar-refractivity contribution in [2.24, 2.45) is 0 Å². The van der Waals surface area contributed by atoms with Gasteiger partial charge in [0.2, 0.25) is 11.8 Å². The van der Waals surface area contributed by atoms with Gasteiger partial charge in [0, 0.05) is 24.6 Å². The molecule has 2 heterocycles. The molecule has 1 aliphatic heterocycles. The molecule has 1 aromatic carbocycles. The van der Waals surface area contributed by atoms with E-state index >= 15 is 0 Å². The number of carbonyl (C=O) groups is 1. The van der Waals surface area contributed by atoms with Crippen molar-refractivity contribution in [3.8, 4) is 0 Å². The number of anilines is 1. The van der Waals surface area contributed by atoms with Gasteiger partial charge < -0.3 is 9.42 Å². The molecule has 1 aliphatic rings. The van der Waals surface area contributed by atoms with Crippen molar-refractivity contribution in [3.63, 3.8) is 0 Å². The van der Waals surface area contributed by atoms with Crippen molar-refractivity contribution >= 4 is 11.6 Å². The third-order valence-corrected chi connectivity index (χ3v) is 3.57. The van der Waals surface area contributed by atoms with Gasteiger partial charge in [-0.05, 0) is 18.2 Å². The standard InChI is InChI=1S/C15H16FN3O2/c1-9(2)14-17-15(21-18-14)10-6-13(20)19(8-10)12-5-3-4-11(16)7-12/h3-5,7,9-10H,6,8H2,1-2H3. The summed E-state index contributed by atoms with van der Waals surface area (Å²) >= 11 is 0. The van der Waals surface area contributed by atoms with E-state index in [1.54, 1.807) is 17.0 Å². The van der Waals surface area contributed by atoms with E-state index in [-0.39, 0.29) is 23.6 Å². The van der Waals surface area contributed by atoms with Crippen molar-refractivity contribution in [2.75, 3.05) is 11.4 Å². The Morgan fingerprint density at radius 3 is 2.90 bits per heavy atom. The number of halogens is 1. The molecule has 2 aromatic rings. The highest BCUT2D eigenvalue weighted by Crippen LogP contribution is 2.31. The molecule has 1 aromatic heterocycles. The summed E-state index contributed by atoms with van der Waals surface area (Å²) in [6.45, 7) is 4.39. The van der Waals surface area contributed by atoms with Crippen LogP contribution < -0.4 is 4.90 Å². The number of benzene rings is 1. The molecule has 0 saturated carbocycles. The Hall–Kier alpha value is -2.24. The summed E-state index contributed by atoms with van der Waals surface area (Å²) in [6, 6.07) is 6.02. The van der Waals surface area contributed by atoms with Crippen molar-refractivity contribution < 1.29 is 13.7 Å². The molecular formula is C15H16FN3O2. The lowest BCUT2D eigenvalue weighted by molar-refractivity contribution is -0.117. The first-order valence-corrected chi connectivity index (χ1v) is 6.94. The number of carbonyl (C=O) groups excluding carboxylic acids is 1. The fourth-order valence-corrected chi connectivity index (χ4v) is 2.41. The highest BCUT2D eigenvalue weighted by Gasteiger charge is 2.35. The predicted octanol–water partition coefficient (Wildman–Crippen LogP) is 2.85. The number of hydrogen-bond donors (Lipinski definition) is 0. The van der Waals surface area contributed by atoms with E-state index in [1.807, 2.05) is 13.8 Å². The molecule has 0 N–H and O–H groups in total. The van der Waals surface area contributed by atoms with Gasteiger partial charge in [0.1, 0.15) is 5.82 Å². The van der Waals surface area contributed by atoms with E-state index in [4.69, 9.17) is 4.52 Å². The molecule has 1 amide bonds. The van der Waals surface area contributed by atoms with Crippen LogP contribution in [0.3, 0.4) is 0 Å². The summed E-state index contributed by atoms with van der Waals surface area (Å²) < 4.78 is 18.5. The largest absolute Gasteiger partial charge is 0.339 e. The molecule has 0 radical (unpaired) electrons. The van der Waals surface area contributed by atoms with Gasteiger partial charge in [0.15, 0.2) is 5.82 Å². The molecule has 1 fully saturated rings. The number of rotatable bonds is 3. The Balaban J connectivity index is 1.80. The van der Waals surface area contributed by atoms with Gasteiger partial charge in [-0.25, -0.2) is 4.39 Å². The maximum atomic E-state index is 13.3. The van der Waals surface area contributed by atoms with Gasteiger partial charge >= 0.3 is 0 Å². The lowest BCUT2D eigenvalue weighted by Gasteiger charge is -2.15. The lowest BCUT2D eigenvalue weighted by atomic mass is 10.1. The van der Waals surface area contributed by atoms with Crippen LogP contribution in [0, 0.1) is 5.82 Å². The summed E-state index contributed by atoms with van der Waals surface area (Å²) in [6.07, 6.45) is 0.302. The van der Waals surface area contributed by atoms with Crippen LogP contribution in [0.1, 0.15) is 43.8 Å². The van der Waals surface area contributed by atoms with Crippen LogP contribution in [0.4, 0.5) is 10.1 Å². The number of nitrogens with zero attached hydrogens (tertiary/aromatic N) is 3. The van der Waals surface area contributed by atoms with Gasteiger partial charge in [-0.1, -0.05) is 25.1 Å². The summed E-state index contributed by atoms with van der Waals surface area (Å²) in [5, 5.41) is 3.92. The van der Waals surface area contributed by atoms with Crippen LogP contribution in [0.5, 0.6) is 0 Å². The fraction of sp³-hybridized carbons (Fsp3) is 0.400. The van der Waals surface area contributed by atoms with E-state index in [0.29, 0.717) is 30.4 Å². The van der Waals surface area contributed by atoms with Crippen molar-refractivity contribution in [2.45, 2.75) is 32.1 Å². The summed E-state index contributed by atoms with van der Waals surface area (Å²) in [7, 11) is 0. The Labute approximate surface area is 121 Å². The van der Waals surface area contributed by atoms with Crippen LogP contribution in [-0.2, 0) is 4.79 Å². The molecule has 21 heavy (non-hydrogen) atoms. The highest BCUT2D eigenvalue weighted by atomic mass is 19.1. The molecule has 110 valence electrons. The van der Waals surface area contributed by atoms with E-state index in [2.05, 4.69) is 10.1 Å². The molecule has 1 saturated heterocycles. The average molecular weight is 289 g/mol. The third kappa shape index (κ3) is 2.66. The summed E-state index contributed by atoms with van der Waals surface area (Å²) in [5.74, 6) is 0.742. The SMILES string of the molecule is CC(C)c1noc(C2CC(=O)N(c3cccc(F)c3)C2)n1. The molecule has 1 atom stereocenters. The van der Waals surface area contributed by atoms with E-state index in [1.165, 1.54) is 12.1 Å². The first-order valence-electron chi connectivity index (χ1n) is 6.94. The van der Waals surface area contributed by atoms with Crippen LogP contribution in [-0.4, -0.2) is 22.6 Å². The molecule has 1 unspecified atom stereocenters. The smallest absolute Gasteiger partial charge is 0.232 e. The molecule has 0 bridgehead atoms. The van der Waals surface area contributed by atoms with E-state index < -0.39 is 0 Å². The zero-order valence-corrected chi connectivity index (χ0v) is 11.9. The van der Waals surface area contributed by atoms with Crippen LogP contribution in [0.25, 0.3) is 0 Å². The lowest BCUT2D eigenvalue weighted by Crippen LogP contribution is -2.24. The second kappa shape index (κ2) is 5.27. The van der Waals surface area contributed by atoms with Gasteiger partial charge in [0.25, 0.3) is 0 Å². The molecule has 5 nitrogen and oxygen atoms in total. The minimum atomic E-state index is -0.358. The summed E-state index contributed by atoms with van der Waals surface area (Å²) in [4.78, 5) is 18.0. The van der Waals surface area contributed by atoms with Gasteiger partial charge in [-0.15, -0.1) is 0 Å². The Kier molecular flexibility index (Phi) is 3.45. The second-order valence-corrected chi connectivity index (χ2v) is 5.53. The number of amides is 1. The molecule has 3 rings (SSSR count). The Morgan fingerprint density at radius 1 is 1.43 bits per heavy atom. The zero-order valence-electron chi connectivity index (χ0n) is 11.9. The van der Waals surface area contributed by atoms with Crippen molar-refractivity contribution in [3.05, 3.63) is 41.8 Å². The van der Waals surface area contributed by atoms with E-state index in [9.17, 15) is 9.18 Å². The fourth-order valence-electron chi connectivity index (χ4n) is 2.41. The number of aromatic nitrogens is 2. The molecule has 0 spiro atoms. The molecular weight excluding hydrogens is 273 g/mol. The maximum Gasteiger partial charge on any atom is 0.232 e. The normalized spacial score (nSPS) is 18.8. The van der Waals surface area contributed by atoms with Crippen LogP contribution in [0.15, 0.2) is 28.8 Å². The monoisotopic (exact) mass is 289 g/mol. The molecule has 6 heteroatoms. The van der Waals surface area contributed by atoms with Crippen LogP contribution in [0.2, 0.25) is 0 Å². The van der Waals surface area contributed by atoms with Gasteiger partial charge in [-0.2, -0.15) is 4.98 Å². The minimum Gasteiger partial charge on any atom is -0.339 e. The zero-order chi connectivity index (χ0) is 15.0. The quantitative estimate of drug-likeness (QED) is 0.871. The second-order valence-electron chi connectivity index (χ2n) is 5.53. The third-order valence-electron chi connectivity index (χ3n) is 3.57. The van der Waals surface area contributed by atoms with Crippen molar-refractivity contribution in [1.29, 1.82) is 0 Å². The minimum absolute atomic E-state index is 0.0603. The van der Waals surface area contributed by atoms with Gasteiger partial charge in [-0.3, -0.25) is 4.79 Å². The first kappa shape index (κ1) is 13.7. The summed E-state index contributed by atoms with van der Waals surface area (Å²) in [5.41, 5.74) is 0.561. The maximum absolute atomic E-state index is 13.3. The number of hydrogen-bond acceptors (Lipinski definition) is 4. The Bertz CT molecular complexity index is 668. The average Bonchev–Trinajstić information content (AvgIpc) is 3.05. The topological polar surface area (TPSA) is 59.2 Å². The highest BCUT2D eigenvalue weighted by molar-refractivity contribution is 5.96. The molecule has 0 aliphatic carbocycles. The van der Waals surface area contributed by atoms with Crippen molar-refractivity contribution in [1.82, 2.24) is 10.1 Å². The van der Waals surface area contributed by atoms with E-state index in [0.717, 1.165) is 0 Å². The van der Waals surface area contributed by atoms with Gasteiger partial charge in [0.05, 0.1) is 5.92 Å². The first-order chi connectivity index (χ1) is 10.0.